The fraction of sp³-hybridized carbons (Fsp3) is 0.643. The third-order valence-corrected chi connectivity index (χ3v) is 4.18. The van der Waals surface area contributed by atoms with Crippen molar-refractivity contribution in [1.82, 2.24) is 19.1 Å². The van der Waals surface area contributed by atoms with Gasteiger partial charge in [-0.15, -0.1) is 0 Å². The van der Waals surface area contributed by atoms with Gasteiger partial charge in [0.15, 0.2) is 5.65 Å². The maximum atomic E-state index is 12.6. The van der Waals surface area contributed by atoms with E-state index < -0.39 is 0 Å². The second-order valence-electron chi connectivity index (χ2n) is 5.19. The van der Waals surface area contributed by atoms with E-state index in [0.717, 1.165) is 24.2 Å². The largest absolute Gasteiger partial charge is 0.338 e. The highest BCUT2D eigenvalue weighted by Crippen LogP contribution is 2.14. The summed E-state index contributed by atoms with van der Waals surface area (Å²) in [6.07, 6.45) is 1.83. The summed E-state index contributed by atoms with van der Waals surface area (Å²) in [5.74, 6) is 1.30. The second-order valence-corrected chi connectivity index (χ2v) is 5.58. The molecule has 5 nitrogen and oxygen atoms in total. The summed E-state index contributed by atoms with van der Waals surface area (Å²) >= 11 is 5.42. The van der Waals surface area contributed by atoms with Gasteiger partial charge in [0.05, 0.1) is 0 Å². The number of hydrogen-bond acceptors (Lipinski definition) is 3. The number of aromatic amines is 1. The van der Waals surface area contributed by atoms with Gasteiger partial charge in [-0.2, -0.15) is 0 Å². The molecule has 0 saturated heterocycles. The molecule has 0 spiro atoms. The van der Waals surface area contributed by atoms with Crippen LogP contribution in [0.15, 0.2) is 4.79 Å². The lowest BCUT2D eigenvalue weighted by molar-refractivity contribution is 0.451. The predicted octanol–water partition coefficient (Wildman–Crippen LogP) is 2.88. The van der Waals surface area contributed by atoms with Crippen molar-refractivity contribution in [2.45, 2.75) is 53.6 Å². The number of rotatable bonds is 5. The molecular weight excluding hydrogens is 272 g/mol. The second kappa shape index (κ2) is 5.91. The first-order valence-corrected chi connectivity index (χ1v) is 7.66. The molecule has 0 saturated carbocycles. The monoisotopic (exact) mass is 294 g/mol. The van der Waals surface area contributed by atoms with Crippen LogP contribution in [0, 0.1) is 10.6 Å². The van der Waals surface area contributed by atoms with Gasteiger partial charge in [-0.3, -0.25) is 9.13 Å². The minimum absolute atomic E-state index is 0.0561. The zero-order chi connectivity index (χ0) is 14.9. The lowest BCUT2D eigenvalue weighted by atomic mass is 10.1. The Labute approximate surface area is 123 Å². The molecule has 0 aliphatic rings. The number of hydrogen-bond donors (Lipinski definition) is 1. The molecule has 0 fully saturated rings. The molecule has 0 radical (unpaired) electrons. The third-order valence-electron chi connectivity index (χ3n) is 3.75. The van der Waals surface area contributed by atoms with Gasteiger partial charge in [-0.1, -0.05) is 39.4 Å². The van der Waals surface area contributed by atoms with Crippen molar-refractivity contribution in [1.29, 1.82) is 0 Å². The molecule has 1 N–H and O–H groups in total. The smallest absolute Gasteiger partial charge is 0.330 e. The van der Waals surface area contributed by atoms with Crippen LogP contribution < -0.4 is 5.69 Å². The fourth-order valence-electron chi connectivity index (χ4n) is 2.27. The molecule has 0 aliphatic carbocycles. The molecule has 110 valence electrons. The van der Waals surface area contributed by atoms with E-state index in [1.165, 1.54) is 0 Å². The Morgan fingerprint density at radius 1 is 1.30 bits per heavy atom. The lowest BCUT2D eigenvalue weighted by Crippen LogP contribution is -2.33. The Morgan fingerprint density at radius 2 is 2.00 bits per heavy atom. The van der Waals surface area contributed by atoms with Crippen LogP contribution in [0.25, 0.3) is 11.2 Å². The van der Waals surface area contributed by atoms with Crippen LogP contribution in [0.1, 0.15) is 39.9 Å². The van der Waals surface area contributed by atoms with Gasteiger partial charge in [0.1, 0.15) is 16.0 Å². The summed E-state index contributed by atoms with van der Waals surface area (Å²) in [6.45, 7) is 9.50. The predicted molar refractivity (Wildman–Crippen MR) is 83.7 cm³/mol. The summed E-state index contributed by atoms with van der Waals surface area (Å²) in [5, 5.41) is 0. The number of aryl methyl sites for hydroxylation is 1. The van der Waals surface area contributed by atoms with Crippen molar-refractivity contribution in [2.75, 3.05) is 0 Å². The molecule has 1 unspecified atom stereocenters. The SMILES string of the molecule is CCc1nc2c([nH]1)c(=S)n(CC)c(=O)n2CC(C)CC. The van der Waals surface area contributed by atoms with Crippen LogP contribution in [0.3, 0.4) is 0 Å². The zero-order valence-corrected chi connectivity index (χ0v) is 13.4. The maximum Gasteiger partial charge on any atom is 0.330 e. The van der Waals surface area contributed by atoms with Gasteiger partial charge in [0.25, 0.3) is 0 Å². The van der Waals surface area contributed by atoms with E-state index in [1.807, 2.05) is 13.8 Å². The molecule has 2 aromatic heterocycles. The van der Waals surface area contributed by atoms with Crippen molar-refractivity contribution in [2.24, 2.45) is 5.92 Å². The van der Waals surface area contributed by atoms with Crippen LogP contribution in [-0.2, 0) is 19.5 Å². The highest BCUT2D eigenvalue weighted by Gasteiger charge is 2.15. The minimum Gasteiger partial charge on any atom is -0.338 e. The Hall–Kier alpha value is -1.43. The van der Waals surface area contributed by atoms with Gasteiger partial charge in [-0.25, -0.2) is 9.78 Å². The molecule has 1 atom stereocenters. The number of fused-ring (bicyclic) bond motifs is 1. The maximum absolute atomic E-state index is 12.6. The van der Waals surface area contributed by atoms with E-state index in [2.05, 4.69) is 23.8 Å². The van der Waals surface area contributed by atoms with Crippen molar-refractivity contribution in [3.05, 3.63) is 20.9 Å². The van der Waals surface area contributed by atoms with Crippen LogP contribution in [0.5, 0.6) is 0 Å². The molecule has 0 aliphatic heterocycles. The van der Waals surface area contributed by atoms with Crippen LogP contribution in [0.4, 0.5) is 0 Å². The normalized spacial score (nSPS) is 13.0. The number of nitrogens with zero attached hydrogens (tertiary/aromatic N) is 3. The standard InChI is InChI=1S/C14H22N4OS/c1-5-9(4)8-18-12-11(15-10(6-2)16-12)13(20)17(7-3)14(18)19/h9H,5-8H2,1-4H3,(H,15,16). The van der Waals surface area contributed by atoms with Gasteiger partial charge >= 0.3 is 5.69 Å². The average Bonchev–Trinajstić information content (AvgIpc) is 2.88. The van der Waals surface area contributed by atoms with Gasteiger partial charge < -0.3 is 4.98 Å². The summed E-state index contributed by atoms with van der Waals surface area (Å²) < 4.78 is 3.95. The first-order chi connectivity index (χ1) is 9.53. The topological polar surface area (TPSA) is 55.6 Å². The van der Waals surface area contributed by atoms with Crippen molar-refractivity contribution in [3.63, 3.8) is 0 Å². The summed E-state index contributed by atoms with van der Waals surface area (Å²) in [7, 11) is 0. The molecule has 0 aromatic carbocycles. The number of imidazole rings is 1. The van der Waals surface area contributed by atoms with E-state index in [0.29, 0.717) is 29.3 Å². The van der Waals surface area contributed by atoms with Crippen LogP contribution in [0.2, 0.25) is 0 Å². The highest BCUT2D eigenvalue weighted by atomic mass is 32.1. The number of nitrogens with one attached hydrogen (secondary N) is 1. The molecular formula is C14H22N4OS. The molecule has 20 heavy (non-hydrogen) atoms. The lowest BCUT2D eigenvalue weighted by Gasteiger charge is -2.14. The average molecular weight is 294 g/mol. The molecule has 2 rings (SSSR count). The third kappa shape index (κ3) is 2.44. The van der Waals surface area contributed by atoms with Crippen molar-refractivity contribution in [3.8, 4) is 0 Å². The van der Waals surface area contributed by atoms with E-state index in [1.54, 1.807) is 9.13 Å². The molecule has 6 heteroatoms. The highest BCUT2D eigenvalue weighted by molar-refractivity contribution is 7.71. The summed E-state index contributed by atoms with van der Waals surface area (Å²) in [6, 6.07) is 0. The molecule has 0 amide bonds. The van der Waals surface area contributed by atoms with Gasteiger partial charge in [0.2, 0.25) is 0 Å². The Balaban J connectivity index is 2.79. The Kier molecular flexibility index (Phi) is 4.42. The van der Waals surface area contributed by atoms with Gasteiger partial charge in [0, 0.05) is 19.5 Å². The molecule has 0 bridgehead atoms. The van der Waals surface area contributed by atoms with Crippen molar-refractivity contribution < 1.29 is 0 Å². The zero-order valence-electron chi connectivity index (χ0n) is 12.6. The van der Waals surface area contributed by atoms with E-state index in [-0.39, 0.29) is 5.69 Å². The Morgan fingerprint density at radius 3 is 2.55 bits per heavy atom. The van der Waals surface area contributed by atoms with Crippen molar-refractivity contribution >= 4 is 23.4 Å². The first kappa shape index (κ1) is 15.0. The van der Waals surface area contributed by atoms with E-state index >= 15 is 0 Å². The van der Waals surface area contributed by atoms with Crippen LogP contribution in [-0.4, -0.2) is 19.1 Å². The number of H-pyrrole nitrogens is 1. The van der Waals surface area contributed by atoms with Gasteiger partial charge in [-0.05, 0) is 12.8 Å². The summed E-state index contributed by atoms with van der Waals surface area (Å²) in [5.41, 5.74) is 1.45. The quantitative estimate of drug-likeness (QED) is 0.863. The van der Waals surface area contributed by atoms with E-state index in [9.17, 15) is 4.79 Å². The fourth-order valence-corrected chi connectivity index (χ4v) is 2.62. The first-order valence-electron chi connectivity index (χ1n) is 7.25. The molecule has 2 heterocycles. The van der Waals surface area contributed by atoms with Crippen LogP contribution >= 0.6 is 12.2 Å². The Bertz CT molecular complexity index is 725. The summed E-state index contributed by atoms with van der Waals surface area (Å²) in [4.78, 5) is 20.4. The van der Waals surface area contributed by atoms with E-state index in [4.69, 9.17) is 12.2 Å². The number of aromatic nitrogens is 4. The molecule has 2 aromatic rings. The minimum atomic E-state index is -0.0561.